The van der Waals surface area contributed by atoms with Crippen LogP contribution in [0, 0.1) is 6.92 Å². The molecule has 0 bridgehead atoms. The molecule has 0 aliphatic rings. The van der Waals surface area contributed by atoms with Crippen LogP contribution in [0.5, 0.6) is 0 Å². The molecule has 0 unspecified atom stereocenters. The summed E-state index contributed by atoms with van der Waals surface area (Å²) in [7, 11) is 0. The lowest BCUT2D eigenvalue weighted by Gasteiger charge is -2.03. The zero-order chi connectivity index (χ0) is 9.80. The predicted molar refractivity (Wildman–Crippen MR) is 54.3 cm³/mol. The van der Waals surface area contributed by atoms with Gasteiger partial charge in [0.2, 0.25) is 0 Å². The number of rotatable bonds is 2. The third kappa shape index (κ3) is 2.04. The Labute approximate surface area is 82.1 Å². The third-order valence-electron chi connectivity index (χ3n) is 1.74. The first-order valence-corrected chi connectivity index (χ1v) is 4.30. The molecule has 0 aromatic carbocycles. The van der Waals surface area contributed by atoms with E-state index in [2.05, 4.69) is 20.3 Å². The molecule has 1 N–H and O–H groups in total. The third-order valence-corrected chi connectivity index (χ3v) is 1.74. The number of hydrogen-bond acceptors (Lipinski definition) is 4. The lowest BCUT2D eigenvalue weighted by atomic mass is 10.4. The van der Waals surface area contributed by atoms with E-state index in [4.69, 9.17) is 0 Å². The molecule has 0 spiro atoms. The molecule has 2 heterocycles. The van der Waals surface area contributed by atoms with Gasteiger partial charge in [-0.3, -0.25) is 4.98 Å². The van der Waals surface area contributed by atoms with E-state index in [9.17, 15) is 0 Å². The molecule has 0 amide bonds. The van der Waals surface area contributed by atoms with Crippen molar-refractivity contribution in [2.45, 2.75) is 6.92 Å². The number of aromatic nitrogens is 3. The number of nitrogens with zero attached hydrogens (tertiary/aromatic N) is 3. The molecule has 0 atom stereocenters. The van der Waals surface area contributed by atoms with Gasteiger partial charge in [0.25, 0.3) is 0 Å². The van der Waals surface area contributed by atoms with Gasteiger partial charge in [0.1, 0.15) is 12.1 Å². The average Bonchev–Trinajstić information content (AvgIpc) is 2.19. The van der Waals surface area contributed by atoms with Crippen molar-refractivity contribution in [3.8, 4) is 0 Å². The van der Waals surface area contributed by atoms with Crippen molar-refractivity contribution in [3.63, 3.8) is 0 Å². The van der Waals surface area contributed by atoms with Crippen molar-refractivity contribution in [3.05, 3.63) is 42.6 Å². The number of pyridine rings is 1. The molecule has 2 aromatic rings. The fourth-order valence-electron chi connectivity index (χ4n) is 1.11. The van der Waals surface area contributed by atoms with Gasteiger partial charge in [0, 0.05) is 18.0 Å². The summed E-state index contributed by atoms with van der Waals surface area (Å²) in [5.74, 6) is 0.783. The molecule has 2 aromatic heterocycles. The fourth-order valence-corrected chi connectivity index (χ4v) is 1.11. The smallest absolute Gasteiger partial charge is 0.134 e. The summed E-state index contributed by atoms with van der Waals surface area (Å²) < 4.78 is 0. The topological polar surface area (TPSA) is 50.7 Å². The average molecular weight is 186 g/mol. The molecule has 4 nitrogen and oxygen atoms in total. The van der Waals surface area contributed by atoms with Crippen LogP contribution in [0.25, 0.3) is 0 Å². The molecule has 4 heteroatoms. The van der Waals surface area contributed by atoms with Crippen LogP contribution in [0.15, 0.2) is 36.9 Å². The number of aryl methyl sites for hydroxylation is 1. The molecule has 0 aliphatic heterocycles. The Morgan fingerprint density at radius 1 is 1.29 bits per heavy atom. The minimum atomic E-state index is 0.783. The summed E-state index contributed by atoms with van der Waals surface area (Å²) >= 11 is 0. The van der Waals surface area contributed by atoms with Crippen molar-refractivity contribution >= 4 is 11.5 Å². The van der Waals surface area contributed by atoms with E-state index in [0.717, 1.165) is 17.2 Å². The highest BCUT2D eigenvalue weighted by Gasteiger charge is 1.95. The highest BCUT2D eigenvalue weighted by Crippen LogP contribution is 2.11. The van der Waals surface area contributed by atoms with Gasteiger partial charge in [-0.15, -0.1) is 0 Å². The number of anilines is 2. The molecule has 14 heavy (non-hydrogen) atoms. The SMILES string of the molecule is Cc1cc(Nc2cccnc2)ncn1. The number of nitrogens with one attached hydrogen (secondary N) is 1. The van der Waals surface area contributed by atoms with Gasteiger partial charge < -0.3 is 5.32 Å². The molecule has 0 aliphatic carbocycles. The first kappa shape index (κ1) is 8.62. The summed E-state index contributed by atoms with van der Waals surface area (Å²) in [6, 6.07) is 5.69. The molecule has 0 saturated heterocycles. The maximum atomic E-state index is 4.08. The Bertz CT molecular complexity index is 413. The Kier molecular flexibility index (Phi) is 2.36. The Morgan fingerprint density at radius 2 is 2.21 bits per heavy atom. The summed E-state index contributed by atoms with van der Waals surface area (Å²) in [5.41, 5.74) is 1.86. The van der Waals surface area contributed by atoms with Gasteiger partial charge in [-0.1, -0.05) is 0 Å². The van der Waals surface area contributed by atoms with Gasteiger partial charge in [0.05, 0.1) is 11.9 Å². The van der Waals surface area contributed by atoms with E-state index in [1.807, 2.05) is 25.1 Å². The van der Waals surface area contributed by atoms with Crippen LogP contribution in [0.3, 0.4) is 0 Å². The highest BCUT2D eigenvalue weighted by molar-refractivity contribution is 5.54. The normalized spacial score (nSPS) is 9.79. The van der Waals surface area contributed by atoms with Crippen LogP contribution >= 0.6 is 0 Å². The second-order valence-corrected chi connectivity index (χ2v) is 2.91. The van der Waals surface area contributed by atoms with Gasteiger partial charge in [-0.05, 0) is 19.1 Å². The van der Waals surface area contributed by atoms with Crippen molar-refractivity contribution in [1.29, 1.82) is 0 Å². The van der Waals surface area contributed by atoms with E-state index >= 15 is 0 Å². The Morgan fingerprint density at radius 3 is 2.93 bits per heavy atom. The monoisotopic (exact) mass is 186 g/mol. The molecule has 0 saturated carbocycles. The number of hydrogen-bond donors (Lipinski definition) is 1. The lowest BCUT2D eigenvalue weighted by molar-refractivity contribution is 1.10. The first-order chi connectivity index (χ1) is 6.84. The van der Waals surface area contributed by atoms with Crippen molar-refractivity contribution < 1.29 is 0 Å². The Balaban J connectivity index is 2.19. The van der Waals surface area contributed by atoms with E-state index in [0.29, 0.717) is 0 Å². The lowest BCUT2D eigenvalue weighted by Crippen LogP contribution is -1.95. The summed E-state index contributed by atoms with van der Waals surface area (Å²) in [6.45, 7) is 1.93. The molecule has 2 rings (SSSR count). The van der Waals surface area contributed by atoms with Gasteiger partial charge in [0.15, 0.2) is 0 Å². The van der Waals surface area contributed by atoms with Crippen LogP contribution in [0.2, 0.25) is 0 Å². The van der Waals surface area contributed by atoms with Gasteiger partial charge in [-0.2, -0.15) is 0 Å². The molecule has 0 radical (unpaired) electrons. The minimum absolute atomic E-state index is 0.783. The van der Waals surface area contributed by atoms with E-state index in [-0.39, 0.29) is 0 Å². The van der Waals surface area contributed by atoms with Crippen LogP contribution in [-0.2, 0) is 0 Å². The van der Waals surface area contributed by atoms with Crippen LogP contribution < -0.4 is 5.32 Å². The molecule has 0 fully saturated rings. The van der Waals surface area contributed by atoms with Crippen LogP contribution in [-0.4, -0.2) is 15.0 Å². The maximum absolute atomic E-state index is 4.08. The van der Waals surface area contributed by atoms with E-state index in [1.54, 1.807) is 12.4 Å². The molecular weight excluding hydrogens is 176 g/mol. The van der Waals surface area contributed by atoms with Gasteiger partial charge in [-0.25, -0.2) is 9.97 Å². The van der Waals surface area contributed by atoms with E-state index < -0.39 is 0 Å². The first-order valence-electron chi connectivity index (χ1n) is 4.30. The second kappa shape index (κ2) is 3.83. The zero-order valence-electron chi connectivity index (χ0n) is 7.81. The van der Waals surface area contributed by atoms with E-state index in [1.165, 1.54) is 6.33 Å². The largest absolute Gasteiger partial charge is 0.339 e. The summed E-state index contributed by atoms with van der Waals surface area (Å²) in [5, 5.41) is 3.13. The fraction of sp³-hybridized carbons (Fsp3) is 0.100. The maximum Gasteiger partial charge on any atom is 0.134 e. The Hall–Kier alpha value is -1.97. The zero-order valence-corrected chi connectivity index (χ0v) is 7.81. The van der Waals surface area contributed by atoms with Gasteiger partial charge >= 0.3 is 0 Å². The second-order valence-electron chi connectivity index (χ2n) is 2.91. The summed E-state index contributed by atoms with van der Waals surface area (Å²) in [6.07, 6.45) is 5.02. The van der Waals surface area contributed by atoms with Crippen molar-refractivity contribution in [1.82, 2.24) is 15.0 Å². The predicted octanol–water partition coefficient (Wildman–Crippen LogP) is 1.92. The minimum Gasteiger partial charge on any atom is -0.339 e. The standard InChI is InChI=1S/C10H10N4/c1-8-5-10(13-7-12-8)14-9-3-2-4-11-6-9/h2-7H,1H3,(H,12,13,14). The highest BCUT2D eigenvalue weighted by atomic mass is 15.0. The summed E-state index contributed by atoms with van der Waals surface area (Å²) in [4.78, 5) is 12.1. The van der Waals surface area contributed by atoms with Crippen molar-refractivity contribution in [2.75, 3.05) is 5.32 Å². The molecule has 70 valence electrons. The molecular formula is C10H10N4. The quantitative estimate of drug-likeness (QED) is 0.778. The van der Waals surface area contributed by atoms with Crippen LogP contribution in [0.4, 0.5) is 11.5 Å². The van der Waals surface area contributed by atoms with Crippen molar-refractivity contribution in [2.24, 2.45) is 0 Å². The van der Waals surface area contributed by atoms with Crippen LogP contribution in [0.1, 0.15) is 5.69 Å².